The standard InChI is InChI=1S/C28H35N5O2/c1-4-14-28(15-5-2)26(35)32(27-29-24-9-7-6-8-23(24)25(34)33(27)28)20-21-10-12-22(13-11-21)31-18-16-30(3)17-19-31/h6-13H,4-5,14-20H2,1-3H3. The zero-order valence-electron chi connectivity index (χ0n) is 21.0. The first-order valence-corrected chi connectivity index (χ1v) is 12.8. The molecule has 1 fully saturated rings. The van der Waals surface area contributed by atoms with E-state index in [4.69, 9.17) is 4.98 Å². The number of benzene rings is 2. The molecule has 0 radical (unpaired) electrons. The van der Waals surface area contributed by atoms with Crippen LogP contribution in [-0.2, 0) is 16.9 Å². The van der Waals surface area contributed by atoms with Gasteiger partial charge in [0.05, 0.1) is 17.4 Å². The number of nitrogens with zero attached hydrogens (tertiary/aromatic N) is 5. The van der Waals surface area contributed by atoms with Crippen molar-refractivity contribution in [3.05, 3.63) is 64.4 Å². The van der Waals surface area contributed by atoms with Crippen LogP contribution in [-0.4, -0.2) is 53.6 Å². The number of carbonyl (C=O) groups excluding carboxylic acids is 1. The molecule has 7 heteroatoms. The van der Waals surface area contributed by atoms with Crippen LogP contribution in [0.1, 0.15) is 45.1 Å². The molecule has 5 rings (SSSR count). The Labute approximate surface area is 207 Å². The summed E-state index contributed by atoms with van der Waals surface area (Å²) >= 11 is 0. The zero-order valence-corrected chi connectivity index (χ0v) is 21.0. The first-order chi connectivity index (χ1) is 17.0. The predicted molar refractivity (Wildman–Crippen MR) is 141 cm³/mol. The second kappa shape index (κ2) is 9.46. The van der Waals surface area contributed by atoms with E-state index in [0.717, 1.165) is 44.6 Å². The van der Waals surface area contributed by atoms with Crippen molar-refractivity contribution in [2.45, 2.75) is 51.6 Å². The minimum atomic E-state index is -0.868. The number of piperazine rings is 1. The fourth-order valence-corrected chi connectivity index (χ4v) is 5.72. The molecule has 35 heavy (non-hydrogen) atoms. The third kappa shape index (κ3) is 4.01. The summed E-state index contributed by atoms with van der Waals surface area (Å²) in [6.07, 6.45) is 2.90. The maximum atomic E-state index is 14.1. The van der Waals surface area contributed by atoms with Crippen LogP contribution in [0.25, 0.3) is 10.9 Å². The van der Waals surface area contributed by atoms with Crippen LogP contribution >= 0.6 is 0 Å². The lowest BCUT2D eigenvalue weighted by Gasteiger charge is -2.34. The SMILES string of the molecule is CCCC1(CCC)C(=O)N(Cc2ccc(N3CCN(C)CC3)cc2)c2nc3ccccc3c(=O)n21. The summed E-state index contributed by atoms with van der Waals surface area (Å²) in [4.78, 5) is 39.1. The molecule has 1 aromatic heterocycles. The third-order valence-electron chi connectivity index (χ3n) is 7.54. The van der Waals surface area contributed by atoms with Gasteiger partial charge in [0.2, 0.25) is 5.95 Å². The Hall–Kier alpha value is -3.19. The predicted octanol–water partition coefficient (Wildman–Crippen LogP) is 3.99. The number of amides is 1. The highest BCUT2D eigenvalue weighted by molar-refractivity contribution is 6.02. The van der Waals surface area contributed by atoms with E-state index in [-0.39, 0.29) is 11.5 Å². The molecule has 0 aliphatic carbocycles. The van der Waals surface area contributed by atoms with Crippen LogP contribution in [0.3, 0.4) is 0 Å². The van der Waals surface area contributed by atoms with Crippen molar-refractivity contribution in [3.63, 3.8) is 0 Å². The van der Waals surface area contributed by atoms with Crippen LogP contribution < -0.4 is 15.4 Å². The number of hydrogen-bond acceptors (Lipinski definition) is 5. The van der Waals surface area contributed by atoms with Crippen LogP contribution in [0.4, 0.5) is 11.6 Å². The Morgan fingerprint density at radius 2 is 1.54 bits per heavy atom. The van der Waals surface area contributed by atoms with Gasteiger partial charge in [0, 0.05) is 31.9 Å². The van der Waals surface area contributed by atoms with Crippen LogP contribution in [0.2, 0.25) is 0 Å². The van der Waals surface area contributed by atoms with Gasteiger partial charge in [-0.2, -0.15) is 0 Å². The number of hydrogen-bond donors (Lipinski definition) is 0. The average Bonchev–Trinajstić information content (AvgIpc) is 3.08. The Balaban J connectivity index is 1.53. The summed E-state index contributed by atoms with van der Waals surface area (Å²) in [6, 6.07) is 15.9. The fraction of sp³-hybridized carbons (Fsp3) is 0.464. The molecule has 0 saturated carbocycles. The summed E-state index contributed by atoms with van der Waals surface area (Å²) < 4.78 is 1.71. The molecule has 3 heterocycles. The van der Waals surface area contributed by atoms with Crippen LogP contribution in [0.5, 0.6) is 0 Å². The molecule has 1 amide bonds. The lowest BCUT2D eigenvalue weighted by atomic mass is 9.87. The van der Waals surface area contributed by atoms with Crippen molar-refractivity contribution in [1.82, 2.24) is 14.5 Å². The highest BCUT2D eigenvalue weighted by atomic mass is 16.2. The molecule has 2 aliphatic rings. The highest BCUT2D eigenvalue weighted by Gasteiger charge is 2.51. The molecule has 184 valence electrons. The molecule has 0 atom stereocenters. The first kappa shape index (κ1) is 23.5. The maximum Gasteiger partial charge on any atom is 0.263 e. The van der Waals surface area contributed by atoms with E-state index in [1.165, 1.54) is 5.69 Å². The van der Waals surface area contributed by atoms with Crippen molar-refractivity contribution >= 4 is 28.4 Å². The van der Waals surface area contributed by atoms with Gasteiger partial charge in [-0.3, -0.25) is 19.1 Å². The Morgan fingerprint density at radius 3 is 2.20 bits per heavy atom. The van der Waals surface area contributed by atoms with E-state index >= 15 is 0 Å². The number of carbonyl (C=O) groups is 1. The number of aromatic nitrogens is 2. The van der Waals surface area contributed by atoms with Gasteiger partial charge in [0.25, 0.3) is 11.5 Å². The van der Waals surface area contributed by atoms with Gasteiger partial charge in [-0.25, -0.2) is 4.98 Å². The van der Waals surface area contributed by atoms with Crippen molar-refractivity contribution in [3.8, 4) is 0 Å². The van der Waals surface area contributed by atoms with Crippen molar-refractivity contribution in [1.29, 1.82) is 0 Å². The maximum absolute atomic E-state index is 14.1. The number of rotatable bonds is 7. The van der Waals surface area contributed by atoms with Gasteiger partial charge in [-0.05, 0) is 49.7 Å². The van der Waals surface area contributed by atoms with E-state index in [2.05, 4.69) is 55.0 Å². The van der Waals surface area contributed by atoms with Gasteiger partial charge in [0.15, 0.2) is 0 Å². The molecule has 0 N–H and O–H groups in total. The minimum absolute atomic E-state index is 0.00995. The van der Waals surface area contributed by atoms with Gasteiger partial charge < -0.3 is 9.80 Å². The van der Waals surface area contributed by atoms with Crippen molar-refractivity contribution in [2.24, 2.45) is 0 Å². The second-order valence-electron chi connectivity index (χ2n) is 9.95. The lowest BCUT2D eigenvalue weighted by molar-refractivity contribution is -0.126. The topological polar surface area (TPSA) is 61.7 Å². The summed E-state index contributed by atoms with van der Waals surface area (Å²) in [6.45, 7) is 8.71. The van der Waals surface area contributed by atoms with E-state index in [1.807, 2.05) is 24.3 Å². The van der Waals surface area contributed by atoms with Gasteiger partial charge in [-0.1, -0.05) is 51.0 Å². The summed E-state index contributed by atoms with van der Waals surface area (Å²) in [7, 11) is 2.16. The number of likely N-dealkylation sites (N-methyl/N-ethyl adjacent to an activating group) is 1. The molecule has 1 saturated heterocycles. The molecule has 2 aliphatic heterocycles. The first-order valence-electron chi connectivity index (χ1n) is 12.8. The molecule has 2 aromatic carbocycles. The van der Waals surface area contributed by atoms with E-state index in [0.29, 0.717) is 36.2 Å². The van der Waals surface area contributed by atoms with E-state index in [9.17, 15) is 9.59 Å². The van der Waals surface area contributed by atoms with E-state index < -0.39 is 5.54 Å². The Kier molecular flexibility index (Phi) is 6.36. The third-order valence-corrected chi connectivity index (χ3v) is 7.54. The Bertz CT molecular complexity index is 1270. The minimum Gasteiger partial charge on any atom is -0.369 e. The molecular formula is C28H35N5O2. The normalized spacial score (nSPS) is 17.9. The summed E-state index contributed by atoms with van der Waals surface area (Å²) in [5, 5.41) is 0.569. The largest absolute Gasteiger partial charge is 0.369 e. The zero-order chi connectivity index (χ0) is 24.6. The lowest BCUT2D eigenvalue weighted by Crippen LogP contribution is -2.45. The van der Waals surface area contributed by atoms with Gasteiger partial charge >= 0.3 is 0 Å². The van der Waals surface area contributed by atoms with Gasteiger partial charge in [-0.15, -0.1) is 0 Å². The monoisotopic (exact) mass is 473 g/mol. The number of anilines is 2. The molecule has 0 unspecified atom stereocenters. The van der Waals surface area contributed by atoms with Crippen molar-refractivity contribution in [2.75, 3.05) is 43.0 Å². The smallest absolute Gasteiger partial charge is 0.263 e. The number of fused-ring (bicyclic) bond motifs is 2. The highest BCUT2D eigenvalue weighted by Crippen LogP contribution is 2.40. The molecule has 0 bridgehead atoms. The molecule has 7 nitrogen and oxygen atoms in total. The average molecular weight is 474 g/mol. The molecular weight excluding hydrogens is 438 g/mol. The summed E-state index contributed by atoms with van der Waals surface area (Å²) in [5.74, 6) is 0.466. The van der Waals surface area contributed by atoms with E-state index in [1.54, 1.807) is 9.47 Å². The van der Waals surface area contributed by atoms with Crippen molar-refractivity contribution < 1.29 is 4.79 Å². The van der Waals surface area contributed by atoms with Gasteiger partial charge in [0.1, 0.15) is 5.54 Å². The molecule has 3 aromatic rings. The summed E-state index contributed by atoms with van der Waals surface area (Å²) in [5.41, 5.74) is 1.90. The number of para-hydroxylation sites is 1. The van der Waals surface area contributed by atoms with Crippen LogP contribution in [0, 0.1) is 0 Å². The fourth-order valence-electron chi connectivity index (χ4n) is 5.72. The Morgan fingerprint density at radius 1 is 0.886 bits per heavy atom. The van der Waals surface area contributed by atoms with Crippen LogP contribution in [0.15, 0.2) is 53.3 Å². The quantitative estimate of drug-likeness (QED) is 0.519. The molecule has 0 spiro atoms. The second-order valence-corrected chi connectivity index (χ2v) is 9.95.